The first-order chi connectivity index (χ1) is 12.1. The van der Waals surface area contributed by atoms with E-state index in [0.717, 1.165) is 37.2 Å². The minimum atomic E-state index is -0.840. The van der Waals surface area contributed by atoms with Crippen LogP contribution in [0.5, 0.6) is 0 Å². The summed E-state index contributed by atoms with van der Waals surface area (Å²) in [5.41, 5.74) is 1.50. The zero-order chi connectivity index (χ0) is 17.6. The highest BCUT2D eigenvalue weighted by Gasteiger charge is 2.22. The van der Waals surface area contributed by atoms with Crippen LogP contribution in [0.1, 0.15) is 61.4 Å². The third-order valence-corrected chi connectivity index (χ3v) is 6.05. The molecular weight excluding hydrogens is 312 g/mol. The molecule has 1 atom stereocenters. The monoisotopic (exact) mass is 344 g/mol. The molecule has 0 radical (unpaired) electrons. The maximum absolute atomic E-state index is 11.1. The van der Waals surface area contributed by atoms with Crippen molar-refractivity contribution < 1.29 is 9.90 Å². The van der Waals surface area contributed by atoms with Gasteiger partial charge < -0.3 is 10.0 Å². The molecule has 1 unspecified atom stereocenters. The number of benzene rings is 1. The van der Waals surface area contributed by atoms with E-state index in [4.69, 9.17) is 5.11 Å². The summed E-state index contributed by atoms with van der Waals surface area (Å²) in [6.07, 6.45) is 8.04. The van der Waals surface area contributed by atoms with E-state index in [-0.39, 0.29) is 0 Å². The zero-order valence-electron chi connectivity index (χ0n) is 15.5. The Kier molecular flexibility index (Phi) is 6.49. The van der Waals surface area contributed by atoms with Crippen LogP contribution in [0.25, 0.3) is 0 Å². The van der Waals surface area contributed by atoms with Gasteiger partial charge in [0, 0.05) is 12.6 Å². The van der Waals surface area contributed by atoms with Crippen LogP contribution in [0.4, 0.5) is 0 Å². The summed E-state index contributed by atoms with van der Waals surface area (Å²) in [6, 6.07) is 8.14. The molecule has 2 aliphatic heterocycles. The van der Waals surface area contributed by atoms with Gasteiger partial charge in [-0.1, -0.05) is 18.6 Å². The molecule has 0 amide bonds. The molecule has 0 saturated carbocycles. The number of carbonyl (C=O) groups is 1. The Morgan fingerprint density at radius 2 is 1.96 bits per heavy atom. The highest BCUT2D eigenvalue weighted by molar-refractivity contribution is 5.87. The summed E-state index contributed by atoms with van der Waals surface area (Å²) >= 11 is 0. The maximum atomic E-state index is 11.1. The smallest absolute Gasteiger partial charge is 0.335 e. The molecule has 0 aromatic heterocycles. The second-order valence-corrected chi connectivity index (χ2v) is 7.89. The molecule has 2 aliphatic rings. The van der Waals surface area contributed by atoms with Gasteiger partial charge in [-0.05, 0) is 88.8 Å². The number of nitrogens with zero attached hydrogens (tertiary/aromatic N) is 2. The molecule has 1 aromatic carbocycles. The number of hydrogen-bond donors (Lipinski definition) is 1. The Morgan fingerprint density at radius 3 is 2.68 bits per heavy atom. The molecule has 4 nitrogen and oxygen atoms in total. The fourth-order valence-corrected chi connectivity index (χ4v) is 4.33. The van der Waals surface area contributed by atoms with Gasteiger partial charge in [-0.2, -0.15) is 0 Å². The molecule has 2 heterocycles. The molecule has 1 aromatic rings. The minimum Gasteiger partial charge on any atom is -0.478 e. The predicted octanol–water partition coefficient (Wildman–Crippen LogP) is 3.86. The average Bonchev–Trinajstić information content (AvgIpc) is 2.62. The Morgan fingerprint density at radius 1 is 1.16 bits per heavy atom. The molecule has 0 aliphatic carbocycles. The SMILES string of the molecule is CC1CCCCN1CCC1CCN(Cc2cccc(C(=O)O)c2)CC1. The van der Waals surface area contributed by atoms with Crippen LogP contribution >= 0.6 is 0 Å². The standard InChI is InChI=1S/C21H32N2O2/c1-17-5-2-3-11-23(17)14-10-18-8-12-22(13-9-18)16-19-6-4-7-20(15-19)21(24)25/h4,6-7,15,17-18H,2-3,5,8-14,16H2,1H3,(H,24,25). The van der Waals surface area contributed by atoms with Gasteiger partial charge in [0.2, 0.25) is 0 Å². The van der Waals surface area contributed by atoms with E-state index < -0.39 is 5.97 Å². The molecule has 2 fully saturated rings. The van der Waals surface area contributed by atoms with E-state index in [9.17, 15) is 4.79 Å². The summed E-state index contributed by atoms with van der Waals surface area (Å²) in [6.45, 7) is 8.09. The van der Waals surface area contributed by atoms with Gasteiger partial charge in [-0.15, -0.1) is 0 Å². The summed E-state index contributed by atoms with van der Waals surface area (Å²) in [5.74, 6) is 0.0169. The van der Waals surface area contributed by atoms with Crippen LogP contribution < -0.4 is 0 Å². The lowest BCUT2D eigenvalue weighted by Crippen LogP contribution is -2.40. The quantitative estimate of drug-likeness (QED) is 0.851. The van der Waals surface area contributed by atoms with E-state index in [1.165, 1.54) is 51.6 Å². The van der Waals surface area contributed by atoms with Crippen molar-refractivity contribution in [1.29, 1.82) is 0 Å². The van der Waals surface area contributed by atoms with Gasteiger partial charge in [0.15, 0.2) is 0 Å². The second kappa shape index (κ2) is 8.81. The third-order valence-electron chi connectivity index (χ3n) is 6.05. The van der Waals surface area contributed by atoms with Crippen molar-refractivity contribution in [1.82, 2.24) is 9.80 Å². The Balaban J connectivity index is 1.41. The molecule has 0 bridgehead atoms. The molecule has 2 saturated heterocycles. The molecule has 138 valence electrons. The summed E-state index contributed by atoms with van der Waals surface area (Å²) in [7, 11) is 0. The van der Waals surface area contributed by atoms with Gasteiger partial charge in [0.25, 0.3) is 0 Å². The largest absolute Gasteiger partial charge is 0.478 e. The van der Waals surface area contributed by atoms with Gasteiger partial charge in [0.05, 0.1) is 5.56 Å². The van der Waals surface area contributed by atoms with Crippen molar-refractivity contribution in [2.75, 3.05) is 26.2 Å². The fraction of sp³-hybridized carbons (Fsp3) is 0.667. The van der Waals surface area contributed by atoms with E-state index in [2.05, 4.69) is 16.7 Å². The van der Waals surface area contributed by atoms with Gasteiger partial charge in [-0.25, -0.2) is 4.79 Å². The lowest BCUT2D eigenvalue weighted by molar-refractivity contribution is 0.0696. The number of likely N-dealkylation sites (tertiary alicyclic amines) is 2. The highest BCUT2D eigenvalue weighted by atomic mass is 16.4. The number of carboxylic acids is 1. The highest BCUT2D eigenvalue weighted by Crippen LogP contribution is 2.24. The summed E-state index contributed by atoms with van der Waals surface area (Å²) < 4.78 is 0. The Bertz CT molecular complexity index is 567. The number of carboxylic acid groups (broad SMARTS) is 1. The number of piperidine rings is 2. The van der Waals surface area contributed by atoms with Crippen molar-refractivity contribution >= 4 is 5.97 Å². The van der Waals surface area contributed by atoms with Gasteiger partial charge in [-0.3, -0.25) is 4.90 Å². The average molecular weight is 344 g/mol. The van der Waals surface area contributed by atoms with Crippen molar-refractivity contribution in [2.45, 2.75) is 58.0 Å². The first-order valence-corrected chi connectivity index (χ1v) is 9.90. The summed E-state index contributed by atoms with van der Waals surface area (Å²) in [4.78, 5) is 16.3. The molecular formula is C21H32N2O2. The molecule has 1 N–H and O–H groups in total. The normalized spacial score (nSPS) is 23.6. The predicted molar refractivity (Wildman–Crippen MR) is 101 cm³/mol. The van der Waals surface area contributed by atoms with Crippen LogP contribution in [0.2, 0.25) is 0 Å². The van der Waals surface area contributed by atoms with Crippen LogP contribution in [0.15, 0.2) is 24.3 Å². The second-order valence-electron chi connectivity index (χ2n) is 7.89. The topological polar surface area (TPSA) is 43.8 Å². The van der Waals surface area contributed by atoms with Crippen LogP contribution in [-0.2, 0) is 6.54 Å². The Hall–Kier alpha value is -1.39. The lowest BCUT2D eigenvalue weighted by Gasteiger charge is -2.36. The third kappa shape index (κ3) is 5.29. The zero-order valence-corrected chi connectivity index (χ0v) is 15.5. The first-order valence-electron chi connectivity index (χ1n) is 9.90. The van der Waals surface area contributed by atoms with Crippen molar-refractivity contribution in [3.05, 3.63) is 35.4 Å². The van der Waals surface area contributed by atoms with E-state index in [1.54, 1.807) is 6.07 Å². The van der Waals surface area contributed by atoms with Crippen molar-refractivity contribution in [3.63, 3.8) is 0 Å². The maximum Gasteiger partial charge on any atom is 0.335 e. The summed E-state index contributed by atoms with van der Waals surface area (Å²) in [5, 5.41) is 9.12. The Labute approximate surface area is 151 Å². The fourth-order valence-electron chi connectivity index (χ4n) is 4.33. The van der Waals surface area contributed by atoms with E-state index in [0.29, 0.717) is 5.56 Å². The number of aromatic carboxylic acids is 1. The van der Waals surface area contributed by atoms with Crippen LogP contribution in [0.3, 0.4) is 0 Å². The number of hydrogen-bond acceptors (Lipinski definition) is 3. The van der Waals surface area contributed by atoms with Crippen LogP contribution in [-0.4, -0.2) is 53.1 Å². The minimum absolute atomic E-state index is 0.392. The lowest BCUT2D eigenvalue weighted by atomic mass is 9.92. The van der Waals surface area contributed by atoms with Crippen molar-refractivity contribution in [3.8, 4) is 0 Å². The molecule has 0 spiro atoms. The van der Waals surface area contributed by atoms with Crippen LogP contribution in [0, 0.1) is 5.92 Å². The van der Waals surface area contributed by atoms with Crippen molar-refractivity contribution in [2.24, 2.45) is 5.92 Å². The molecule has 3 rings (SSSR count). The van der Waals surface area contributed by atoms with E-state index >= 15 is 0 Å². The van der Waals surface area contributed by atoms with E-state index in [1.807, 2.05) is 18.2 Å². The van der Waals surface area contributed by atoms with Gasteiger partial charge >= 0.3 is 5.97 Å². The molecule has 4 heteroatoms. The number of rotatable bonds is 6. The first kappa shape index (κ1) is 18.4. The van der Waals surface area contributed by atoms with Gasteiger partial charge in [0.1, 0.15) is 0 Å². The molecule has 25 heavy (non-hydrogen) atoms.